The molecule has 0 aliphatic rings. The molecule has 0 aliphatic carbocycles. The molecular weight excluding hydrogens is 278 g/mol. The normalized spacial score (nSPS) is 11.8. The molecule has 2 rings (SSSR count). The van der Waals surface area contributed by atoms with Crippen LogP contribution in [0, 0.1) is 0 Å². The summed E-state index contributed by atoms with van der Waals surface area (Å²) in [5, 5.41) is 3.51. The smallest absolute Gasteiger partial charge is 0.112 e. The molecule has 3 nitrogen and oxygen atoms in total. The third-order valence-electron chi connectivity index (χ3n) is 2.90. The van der Waals surface area contributed by atoms with Gasteiger partial charge in [-0.05, 0) is 48.3 Å². The van der Waals surface area contributed by atoms with E-state index < -0.39 is 0 Å². The SMILES string of the molecule is CCC(C)(C)Nc1ccnc2cc(Br)cnc12. The standard InChI is InChI=1S/C13H16BrN3/c1-4-13(2,3)17-10-5-6-15-11-7-9(14)8-16-12(10)11/h5-8H,4H2,1-3H3,(H,15,17). The number of nitrogens with one attached hydrogen (secondary N) is 1. The van der Waals surface area contributed by atoms with E-state index in [1.165, 1.54) is 0 Å². The lowest BCUT2D eigenvalue weighted by atomic mass is 10.0. The zero-order chi connectivity index (χ0) is 12.5. The van der Waals surface area contributed by atoms with Crippen LogP contribution in [0.5, 0.6) is 0 Å². The summed E-state index contributed by atoms with van der Waals surface area (Å²) in [6.07, 6.45) is 4.66. The van der Waals surface area contributed by atoms with Crippen molar-refractivity contribution in [3.63, 3.8) is 0 Å². The molecule has 0 amide bonds. The molecule has 4 heteroatoms. The topological polar surface area (TPSA) is 37.8 Å². The van der Waals surface area contributed by atoms with Gasteiger partial charge in [0.2, 0.25) is 0 Å². The molecule has 0 unspecified atom stereocenters. The van der Waals surface area contributed by atoms with Crippen LogP contribution in [0.4, 0.5) is 5.69 Å². The third-order valence-corrected chi connectivity index (χ3v) is 3.33. The molecule has 0 aromatic carbocycles. The fraction of sp³-hybridized carbons (Fsp3) is 0.385. The van der Waals surface area contributed by atoms with Gasteiger partial charge in [0, 0.05) is 22.4 Å². The fourth-order valence-electron chi connectivity index (χ4n) is 1.56. The van der Waals surface area contributed by atoms with E-state index in [2.05, 4.69) is 52.0 Å². The van der Waals surface area contributed by atoms with Gasteiger partial charge in [-0.2, -0.15) is 0 Å². The van der Waals surface area contributed by atoms with Gasteiger partial charge in [-0.15, -0.1) is 0 Å². The number of nitrogens with zero attached hydrogens (tertiary/aromatic N) is 2. The number of anilines is 1. The number of halogens is 1. The Bertz CT molecular complexity index is 537. The summed E-state index contributed by atoms with van der Waals surface area (Å²) in [6.45, 7) is 6.52. The summed E-state index contributed by atoms with van der Waals surface area (Å²) in [4.78, 5) is 8.75. The maximum atomic E-state index is 4.43. The molecule has 0 fully saturated rings. The van der Waals surface area contributed by atoms with Crippen LogP contribution in [0.3, 0.4) is 0 Å². The van der Waals surface area contributed by atoms with E-state index in [4.69, 9.17) is 0 Å². The van der Waals surface area contributed by atoms with Crippen LogP contribution in [0.15, 0.2) is 29.0 Å². The zero-order valence-corrected chi connectivity index (χ0v) is 11.9. The van der Waals surface area contributed by atoms with E-state index in [-0.39, 0.29) is 5.54 Å². The first-order chi connectivity index (χ1) is 8.02. The molecule has 2 aromatic heterocycles. The molecule has 0 saturated carbocycles. The lowest BCUT2D eigenvalue weighted by Crippen LogP contribution is -2.29. The second-order valence-electron chi connectivity index (χ2n) is 4.74. The number of rotatable bonds is 3. The molecule has 17 heavy (non-hydrogen) atoms. The van der Waals surface area contributed by atoms with Crippen molar-refractivity contribution in [1.82, 2.24) is 9.97 Å². The molecule has 0 aliphatic heterocycles. The number of hydrogen-bond acceptors (Lipinski definition) is 3. The first-order valence-electron chi connectivity index (χ1n) is 5.70. The quantitative estimate of drug-likeness (QED) is 0.930. The van der Waals surface area contributed by atoms with Gasteiger partial charge in [-0.1, -0.05) is 6.92 Å². The Morgan fingerprint density at radius 1 is 1.35 bits per heavy atom. The minimum absolute atomic E-state index is 0.0586. The number of fused-ring (bicyclic) bond motifs is 1. The summed E-state index contributed by atoms with van der Waals surface area (Å²) in [6, 6.07) is 3.95. The van der Waals surface area contributed by atoms with Gasteiger partial charge < -0.3 is 5.32 Å². The van der Waals surface area contributed by atoms with Gasteiger partial charge >= 0.3 is 0 Å². The van der Waals surface area contributed by atoms with Gasteiger partial charge in [0.25, 0.3) is 0 Å². The van der Waals surface area contributed by atoms with Crippen LogP contribution in [-0.4, -0.2) is 15.5 Å². The maximum absolute atomic E-state index is 4.43. The van der Waals surface area contributed by atoms with Crippen molar-refractivity contribution in [3.05, 3.63) is 29.0 Å². The van der Waals surface area contributed by atoms with Crippen LogP contribution in [-0.2, 0) is 0 Å². The van der Waals surface area contributed by atoms with Crippen LogP contribution < -0.4 is 5.32 Å². The van der Waals surface area contributed by atoms with E-state index >= 15 is 0 Å². The van der Waals surface area contributed by atoms with Gasteiger partial charge in [0.05, 0.1) is 11.2 Å². The molecular formula is C13H16BrN3. The Balaban J connectivity index is 2.48. The third kappa shape index (κ3) is 2.75. The van der Waals surface area contributed by atoms with Crippen molar-refractivity contribution in [2.45, 2.75) is 32.7 Å². The minimum atomic E-state index is 0.0586. The number of hydrogen-bond donors (Lipinski definition) is 1. The first-order valence-corrected chi connectivity index (χ1v) is 6.49. The van der Waals surface area contributed by atoms with Crippen LogP contribution in [0.2, 0.25) is 0 Å². The van der Waals surface area contributed by atoms with E-state index in [0.717, 1.165) is 27.6 Å². The predicted molar refractivity (Wildman–Crippen MR) is 75.2 cm³/mol. The Kier molecular flexibility index (Phi) is 3.33. The van der Waals surface area contributed by atoms with E-state index in [0.29, 0.717) is 0 Å². The van der Waals surface area contributed by atoms with Crippen molar-refractivity contribution >= 4 is 32.7 Å². The van der Waals surface area contributed by atoms with Crippen molar-refractivity contribution in [1.29, 1.82) is 0 Å². The largest absolute Gasteiger partial charge is 0.378 e. The Hall–Kier alpha value is -1.16. The molecule has 1 N–H and O–H groups in total. The van der Waals surface area contributed by atoms with Crippen molar-refractivity contribution in [2.24, 2.45) is 0 Å². The summed E-state index contributed by atoms with van der Waals surface area (Å²) in [5.41, 5.74) is 2.91. The summed E-state index contributed by atoms with van der Waals surface area (Å²) >= 11 is 3.41. The monoisotopic (exact) mass is 293 g/mol. The average molecular weight is 294 g/mol. The van der Waals surface area contributed by atoms with Crippen LogP contribution >= 0.6 is 15.9 Å². The molecule has 0 spiro atoms. The zero-order valence-electron chi connectivity index (χ0n) is 10.3. The molecule has 0 bridgehead atoms. The molecule has 2 aromatic rings. The van der Waals surface area contributed by atoms with Gasteiger partial charge in [0.15, 0.2) is 0 Å². The second-order valence-corrected chi connectivity index (χ2v) is 5.66. The highest BCUT2D eigenvalue weighted by Crippen LogP contribution is 2.25. The number of aromatic nitrogens is 2. The van der Waals surface area contributed by atoms with Gasteiger partial charge in [-0.25, -0.2) is 0 Å². The fourth-order valence-corrected chi connectivity index (χ4v) is 1.88. The predicted octanol–water partition coefficient (Wildman–Crippen LogP) is 3.99. The second kappa shape index (κ2) is 4.61. The van der Waals surface area contributed by atoms with Gasteiger partial charge in [-0.3, -0.25) is 9.97 Å². The van der Waals surface area contributed by atoms with Crippen LogP contribution in [0.25, 0.3) is 11.0 Å². The van der Waals surface area contributed by atoms with Crippen LogP contribution in [0.1, 0.15) is 27.2 Å². The molecule has 0 radical (unpaired) electrons. The van der Waals surface area contributed by atoms with Crippen molar-refractivity contribution < 1.29 is 0 Å². The average Bonchev–Trinajstić information content (AvgIpc) is 2.28. The molecule has 2 heterocycles. The highest BCUT2D eigenvalue weighted by atomic mass is 79.9. The lowest BCUT2D eigenvalue weighted by Gasteiger charge is -2.26. The summed E-state index contributed by atoms with van der Waals surface area (Å²) in [5.74, 6) is 0. The maximum Gasteiger partial charge on any atom is 0.112 e. The Morgan fingerprint density at radius 2 is 2.12 bits per heavy atom. The van der Waals surface area contributed by atoms with Crippen molar-refractivity contribution in [2.75, 3.05) is 5.32 Å². The van der Waals surface area contributed by atoms with Crippen molar-refractivity contribution in [3.8, 4) is 0 Å². The van der Waals surface area contributed by atoms with E-state index in [1.54, 1.807) is 6.20 Å². The summed E-state index contributed by atoms with van der Waals surface area (Å²) < 4.78 is 0.949. The molecule has 90 valence electrons. The molecule has 0 atom stereocenters. The first kappa shape index (κ1) is 12.3. The highest BCUT2D eigenvalue weighted by molar-refractivity contribution is 9.10. The lowest BCUT2D eigenvalue weighted by molar-refractivity contribution is 0.548. The highest BCUT2D eigenvalue weighted by Gasteiger charge is 2.16. The number of pyridine rings is 2. The molecule has 0 saturated heterocycles. The Labute approximate surface area is 110 Å². The van der Waals surface area contributed by atoms with E-state index in [1.807, 2.05) is 18.3 Å². The van der Waals surface area contributed by atoms with E-state index in [9.17, 15) is 0 Å². The summed E-state index contributed by atoms with van der Waals surface area (Å²) in [7, 11) is 0. The van der Waals surface area contributed by atoms with Gasteiger partial charge in [0.1, 0.15) is 5.52 Å². The Morgan fingerprint density at radius 3 is 2.82 bits per heavy atom. The minimum Gasteiger partial charge on any atom is -0.378 e.